The van der Waals surface area contributed by atoms with Gasteiger partial charge in [-0.15, -0.1) is 0 Å². The number of imidazole rings is 1. The number of amides is 1. The van der Waals surface area contributed by atoms with Crippen molar-refractivity contribution in [1.82, 2.24) is 29.8 Å². The number of aromatic nitrogens is 5. The van der Waals surface area contributed by atoms with E-state index < -0.39 is 5.95 Å². The molecule has 0 aliphatic heterocycles. The number of rotatable bonds is 6. The zero-order valence-corrected chi connectivity index (χ0v) is 21.1. The quantitative estimate of drug-likeness (QED) is 0.327. The summed E-state index contributed by atoms with van der Waals surface area (Å²) in [5.74, 6) is 0.710. The van der Waals surface area contributed by atoms with Crippen molar-refractivity contribution in [2.75, 3.05) is 0 Å². The molecule has 35 heavy (non-hydrogen) atoms. The van der Waals surface area contributed by atoms with Gasteiger partial charge in [-0.2, -0.15) is 4.39 Å². The fourth-order valence-electron chi connectivity index (χ4n) is 4.79. The highest BCUT2D eigenvalue weighted by Crippen LogP contribution is 2.34. The van der Waals surface area contributed by atoms with E-state index in [0.717, 1.165) is 49.0 Å². The summed E-state index contributed by atoms with van der Waals surface area (Å²) in [6, 6.07) is 6.86. The zero-order chi connectivity index (χ0) is 24.5. The molecule has 10 heteroatoms. The summed E-state index contributed by atoms with van der Waals surface area (Å²) in [7, 11) is 0. The molecule has 1 fully saturated rings. The number of carbonyl (C=O) groups excluding carboxylic acids is 1. The molecule has 182 valence electrons. The number of pyridine rings is 2. The lowest BCUT2D eigenvalue weighted by atomic mass is 9.90. The first-order valence-electron chi connectivity index (χ1n) is 11.8. The zero-order valence-electron chi connectivity index (χ0n) is 19.5. The molecule has 5 rings (SSSR count). The van der Waals surface area contributed by atoms with Crippen molar-refractivity contribution in [2.45, 2.75) is 58.0 Å². The highest BCUT2D eigenvalue weighted by Gasteiger charge is 2.29. The molecule has 0 radical (unpaired) electrons. The normalized spacial score (nSPS) is 18.3. The van der Waals surface area contributed by atoms with E-state index in [9.17, 15) is 9.18 Å². The monoisotopic (exact) mass is 512 g/mol. The van der Waals surface area contributed by atoms with Crippen molar-refractivity contribution < 1.29 is 9.18 Å². The van der Waals surface area contributed by atoms with Gasteiger partial charge in [-0.1, -0.05) is 42.9 Å². The summed E-state index contributed by atoms with van der Waals surface area (Å²) < 4.78 is 16.6. The maximum Gasteiger partial charge on any atom is 0.280 e. The van der Waals surface area contributed by atoms with Crippen molar-refractivity contribution in [3.63, 3.8) is 0 Å². The molecule has 2 atom stereocenters. The molecular formula is C25H26ClFN6OS. The Morgan fingerprint density at radius 2 is 2.09 bits per heavy atom. The minimum absolute atomic E-state index is 0.0273. The summed E-state index contributed by atoms with van der Waals surface area (Å²) in [6.45, 7) is 4.35. The van der Waals surface area contributed by atoms with E-state index in [2.05, 4.69) is 38.7 Å². The summed E-state index contributed by atoms with van der Waals surface area (Å²) in [4.78, 5) is 30.2. The van der Waals surface area contributed by atoms with Crippen LogP contribution in [0.4, 0.5) is 4.39 Å². The van der Waals surface area contributed by atoms with Crippen LogP contribution in [0.5, 0.6) is 0 Å². The first-order chi connectivity index (χ1) is 16.9. The maximum absolute atomic E-state index is 13.8. The average Bonchev–Trinajstić information content (AvgIpc) is 3.41. The molecule has 4 aromatic rings. The van der Waals surface area contributed by atoms with Gasteiger partial charge in [0.25, 0.3) is 5.91 Å². The second-order valence-corrected chi connectivity index (χ2v) is 11.0. The number of carbonyl (C=O) groups is 1. The number of nitrogens with zero attached hydrogens (tertiary/aromatic N) is 5. The second kappa shape index (κ2) is 9.99. The van der Waals surface area contributed by atoms with Crippen LogP contribution in [-0.2, 0) is 6.42 Å². The van der Waals surface area contributed by atoms with Gasteiger partial charge in [0.15, 0.2) is 5.01 Å². The molecule has 1 aliphatic rings. The summed E-state index contributed by atoms with van der Waals surface area (Å²) >= 11 is 7.14. The second-order valence-electron chi connectivity index (χ2n) is 9.36. The molecule has 4 heterocycles. The summed E-state index contributed by atoms with van der Waals surface area (Å²) in [6.07, 6.45) is 7.74. The maximum atomic E-state index is 13.8. The van der Waals surface area contributed by atoms with Crippen molar-refractivity contribution in [3.8, 4) is 11.4 Å². The number of hydrogen-bond acceptors (Lipinski definition) is 6. The smallest absolute Gasteiger partial charge is 0.280 e. The lowest BCUT2D eigenvalue weighted by Crippen LogP contribution is -2.39. The van der Waals surface area contributed by atoms with Crippen LogP contribution in [0, 0.1) is 11.9 Å². The van der Waals surface area contributed by atoms with Crippen LogP contribution in [0.2, 0.25) is 4.34 Å². The molecule has 0 bridgehead atoms. The van der Waals surface area contributed by atoms with Gasteiger partial charge in [-0.3, -0.25) is 9.78 Å². The van der Waals surface area contributed by atoms with Crippen LogP contribution < -0.4 is 5.32 Å². The Hall–Kier alpha value is -2.91. The van der Waals surface area contributed by atoms with E-state index >= 15 is 0 Å². The van der Waals surface area contributed by atoms with Gasteiger partial charge < -0.3 is 9.88 Å². The highest BCUT2D eigenvalue weighted by atomic mass is 35.5. The Morgan fingerprint density at radius 3 is 2.83 bits per heavy atom. The number of thiazole rings is 1. The molecule has 1 saturated carbocycles. The first-order valence-corrected chi connectivity index (χ1v) is 13.0. The Balaban J connectivity index is 1.48. The van der Waals surface area contributed by atoms with Crippen LogP contribution in [-0.4, -0.2) is 36.5 Å². The van der Waals surface area contributed by atoms with E-state index in [1.165, 1.54) is 23.6 Å². The molecule has 2 unspecified atom stereocenters. The third-order valence-corrected chi connectivity index (χ3v) is 7.35. The molecule has 4 aromatic heterocycles. The number of halogens is 2. The van der Waals surface area contributed by atoms with Crippen molar-refractivity contribution in [2.24, 2.45) is 5.92 Å². The van der Waals surface area contributed by atoms with Crippen molar-refractivity contribution in [1.29, 1.82) is 0 Å². The molecule has 1 amide bonds. The van der Waals surface area contributed by atoms with E-state index in [1.54, 1.807) is 18.3 Å². The van der Waals surface area contributed by atoms with Crippen molar-refractivity contribution >= 4 is 39.9 Å². The Labute approximate surface area is 211 Å². The van der Waals surface area contributed by atoms with Crippen LogP contribution in [0.3, 0.4) is 0 Å². The Kier molecular flexibility index (Phi) is 6.80. The van der Waals surface area contributed by atoms with Crippen LogP contribution >= 0.6 is 22.9 Å². The van der Waals surface area contributed by atoms with Gasteiger partial charge >= 0.3 is 0 Å². The number of fused-ring (bicyclic) bond motifs is 1. The SMILES string of the molecule is CC(C)Cc1nc2cnc(-c3cccc(F)n3)cc2n1C1CCCC(NC(=O)c2ncc(Cl)s2)C1. The topological polar surface area (TPSA) is 85.6 Å². The Morgan fingerprint density at radius 1 is 1.23 bits per heavy atom. The van der Waals surface area contributed by atoms with E-state index in [-0.39, 0.29) is 18.0 Å². The lowest BCUT2D eigenvalue weighted by molar-refractivity contribution is 0.0920. The molecule has 1 aliphatic carbocycles. The number of nitrogens with one attached hydrogen (secondary N) is 1. The van der Waals surface area contributed by atoms with Gasteiger partial charge in [-0.25, -0.2) is 15.0 Å². The first kappa shape index (κ1) is 23.8. The van der Waals surface area contributed by atoms with Gasteiger partial charge in [0, 0.05) is 18.5 Å². The minimum Gasteiger partial charge on any atom is -0.347 e. The van der Waals surface area contributed by atoms with Crippen LogP contribution in [0.25, 0.3) is 22.4 Å². The Bertz CT molecular complexity index is 1370. The van der Waals surface area contributed by atoms with Gasteiger partial charge in [0.05, 0.1) is 29.3 Å². The fraction of sp³-hybridized carbons (Fsp3) is 0.400. The molecule has 0 aromatic carbocycles. The largest absolute Gasteiger partial charge is 0.347 e. The van der Waals surface area contributed by atoms with Crippen molar-refractivity contribution in [3.05, 3.63) is 57.8 Å². The highest BCUT2D eigenvalue weighted by molar-refractivity contribution is 7.17. The minimum atomic E-state index is -0.536. The van der Waals surface area contributed by atoms with E-state index in [0.29, 0.717) is 26.6 Å². The third kappa shape index (κ3) is 5.21. The lowest BCUT2D eigenvalue weighted by Gasteiger charge is -2.32. The predicted molar refractivity (Wildman–Crippen MR) is 135 cm³/mol. The van der Waals surface area contributed by atoms with E-state index in [4.69, 9.17) is 16.6 Å². The van der Waals surface area contributed by atoms with Gasteiger partial charge in [-0.05, 0) is 49.8 Å². The predicted octanol–water partition coefficient (Wildman–Crippen LogP) is 5.85. The van der Waals surface area contributed by atoms with Gasteiger partial charge in [0.1, 0.15) is 15.7 Å². The summed E-state index contributed by atoms with van der Waals surface area (Å²) in [5.41, 5.74) is 2.86. The molecule has 0 saturated heterocycles. The van der Waals surface area contributed by atoms with Crippen LogP contribution in [0.15, 0.2) is 36.7 Å². The van der Waals surface area contributed by atoms with E-state index in [1.807, 2.05) is 6.07 Å². The molecular weight excluding hydrogens is 487 g/mol. The standard InChI is InChI=1S/C25H26ClFN6OS/c1-14(2)9-23-32-19-12-28-18(17-7-4-8-22(27)31-17)11-20(19)33(23)16-6-3-5-15(10-16)30-24(34)25-29-13-21(26)35-25/h4,7-8,11-16H,3,5-6,9-10H2,1-2H3,(H,30,34). The third-order valence-electron chi connectivity index (χ3n) is 6.24. The molecule has 1 N–H and O–H groups in total. The average molecular weight is 513 g/mol. The molecule has 7 nitrogen and oxygen atoms in total. The summed E-state index contributed by atoms with van der Waals surface area (Å²) in [5, 5.41) is 3.52. The fourth-order valence-corrected chi connectivity index (χ4v) is 5.61. The van der Waals surface area contributed by atoms with Crippen LogP contribution in [0.1, 0.15) is 61.2 Å². The van der Waals surface area contributed by atoms with Gasteiger partial charge in [0.2, 0.25) is 5.95 Å². The number of hydrogen-bond donors (Lipinski definition) is 1. The molecule has 0 spiro atoms.